The van der Waals surface area contributed by atoms with Crippen LogP contribution in [0.15, 0.2) is 15.8 Å². The van der Waals surface area contributed by atoms with Gasteiger partial charge < -0.3 is 5.43 Å². The zero-order valence-electron chi connectivity index (χ0n) is 7.87. The zero-order chi connectivity index (χ0) is 10.1. The molecule has 1 heterocycles. The Morgan fingerprint density at radius 1 is 1.79 bits per heavy atom. The molecule has 1 aliphatic rings. The molecule has 1 aliphatic carbocycles. The van der Waals surface area contributed by atoms with Gasteiger partial charge >= 0.3 is 0 Å². The van der Waals surface area contributed by atoms with Crippen LogP contribution in [0.2, 0.25) is 0 Å². The SMILES string of the molecule is Cn1ncc(C(=NC2CC2)NN)c1Br. The quantitative estimate of drug-likeness (QED) is 0.352. The van der Waals surface area contributed by atoms with Gasteiger partial charge in [-0.1, -0.05) is 0 Å². The van der Waals surface area contributed by atoms with E-state index in [9.17, 15) is 0 Å². The highest BCUT2D eigenvalue weighted by molar-refractivity contribution is 9.10. The van der Waals surface area contributed by atoms with Gasteiger partial charge in [0, 0.05) is 7.05 Å². The van der Waals surface area contributed by atoms with Crippen molar-refractivity contribution in [3.63, 3.8) is 0 Å². The molecule has 0 atom stereocenters. The molecule has 14 heavy (non-hydrogen) atoms. The van der Waals surface area contributed by atoms with Crippen LogP contribution in [0.1, 0.15) is 18.4 Å². The first-order valence-corrected chi connectivity index (χ1v) is 5.24. The third kappa shape index (κ3) is 1.80. The topological polar surface area (TPSA) is 68.2 Å². The summed E-state index contributed by atoms with van der Waals surface area (Å²) >= 11 is 3.43. The van der Waals surface area contributed by atoms with E-state index < -0.39 is 0 Å². The van der Waals surface area contributed by atoms with Crippen molar-refractivity contribution in [3.05, 3.63) is 16.4 Å². The summed E-state index contributed by atoms with van der Waals surface area (Å²) in [7, 11) is 1.86. The molecule has 6 heteroatoms. The maximum atomic E-state index is 5.42. The van der Waals surface area contributed by atoms with Crippen molar-refractivity contribution in [2.24, 2.45) is 17.9 Å². The van der Waals surface area contributed by atoms with Crippen LogP contribution in [0.4, 0.5) is 0 Å². The Balaban J connectivity index is 2.30. The maximum absolute atomic E-state index is 5.42. The predicted molar refractivity (Wildman–Crippen MR) is 57.8 cm³/mol. The number of nitrogens with zero attached hydrogens (tertiary/aromatic N) is 3. The highest BCUT2D eigenvalue weighted by atomic mass is 79.9. The van der Waals surface area contributed by atoms with E-state index in [-0.39, 0.29) is 0 Å². The van der Waals surface area contributed by atoms with Crippen LogP contribution in [0.3, 0.4) is 0 Å². The fraction of sp³-hybridized carbons (Fsp3) is 0.500. The third-order valence-electron chi connectivity index (χ3n) is 2.12. The van der Waals surface area contributed by atoms with E-state index in [1.165, 1.54) is 0 Å². The van der Waals surface area contributed by atoms with Crippen LogP contribution < -0.4 is 11.3 Å². The van der Waals surface area contributed by atoms with Crippen LogP contribution in [-0.4, -0.2) is 21.7 Å². The van der Waals surface area contributed by atoms with Crippen molar-refractivity contribution >= 4 is 21.8 Å². The molecule has 76 valence electrons. The van der Waals surface area contributed by atoms with Gasteiger partial charge in [0.05, 0.1) is 17.8 Å². The molecule has 3 N–H and O–H groups in total. The summed E-state index contributed by atoms with van der Waals surface area (Å²) in [5, 5.41) is 4.11. The summed E-state index contributed by atoms with van der Waals surface area (Å²) in [6, 6.07) is 0.438. The van der Waals surface area contributed by atoms with Crippen molar-refractivity contribution < 1.29 is 0 Å². The summed E-state index contributed by atoms with van der Waals surface area (Å²) in [4.78, 5) is 4.45. The summed E-state index contributed by atoms with van der Waals surface area (Å²) in [6.45, 7) is 0. The van der Waals surface area contributed by atoms with Crippen molar-refractivity contribution in [1.82, 2.24) is 15.2 Å². The number of amidine groups is 1. The minimum Gasteiger partial charge on any atom is -0.308 e. The smallest absolute Gasteiger partial charge is 0.147 e. The molecule has 1 aromatic heterocycles. The van der Waals surface area contributed by atoms with Gasteiger partial charge in [-0.05, 0) is 28.8 Å². The van der Waals surface area contributed by atoms with E-state index in [4.69, 9.17) is 5.84 Å². The number of aryl methyl sites for hydroxylation is 1. The molecule has 0 spiro atoms. The Labute approximate surface area is 90.5 Å². The Hall–Kier alpha value is -0.880. The van der Waals surface area contributed by atoms with E-state index in [1.807, 2.05) is 7.05 Å². The van der Waals surface area contributed by atoms with E-state index in [1.54, 1.807) is 10.9 Å². The van der Waals surface area contributed by atoms with E-state index in [0.29, 0.717) is 11.9 Å². The largest absolute Gasteiger partial charge is 0.308 e. The van der Waals surface area contributed by atoms with Gasteiger partial charge in [-0.25, -0.2) is 5.84 Å². The second-order valence-electron chi connectivity index (χ2n) is 3.33. The predicted octanol–water partition coefficient (Wildman–Crippen LogP) is 0.555. The lowest BCUT2D eigenvalue weighted by atomic mass is 10.3. The third-order valence-corrected chi connectivity index (χ3v) is 3.06. The molecule has 1 saturated carbocycles. The first-order chi connectivity index (χ1) is 6.72. The summed E-state index contributed by atoms with van der Waals surface area (Å²) < 4.78 is 2.62. The van der Waals surface area contributed by atoms with Crippen molar-refractivity contribution in [2.75, 3.05) is 0 Å². The standard InChI is InChI=1S/C8H12BrN5/c1-14-7(9)6(4-11-14)8(13-10)12-5-2-3-5/h4-5H,2-3,10H2,1H3,(H,12,13). The van der Waals surface area contributed by atoms with Gasteiger partial charge in [-0.15, -0.1) is 0 Å². The van der Waals surface area contributed by atoms with Gasteiger partial charge in [-0.3, -0.25) is 9.67 Å². The van der Waals surface area contributed by atoms with E-state index >= 15 is 0 Å². The second-order valence-corrected chi connectivity index (χ2v) is 4.08. The monoisotopic (exact) mass is 257 g/mol. The highest BCUT2D eigenvalue weighted by Crippen LogP contribution is 2.25. The molecule has 0 aliphatic heterocycles. The molecule has 1 fully saturated rings. The molecular weight excluding hydrogens is 246 g/mol. The molecule has 5 nitrogen and oxygen atoms in total. The first-order valence-electron chi connectivity index (χ1n) is 4.44. The minimum atomic E-state index is 0.438. The molecule has 0 amide bonds. The molecular formula is C8H12BrN5. The molecule has 2 rings (SSSR count). The normalized spacial score (nSPS) is 17.2. The fourth-order valence-corrected chi connectivity index (χ4v) is 1.53. The number of hydrogen-bond acceptors (Lipinski definition) is 3. The summed E-state index contributed by atoms with van der Waals surface area (Å²) in [5.41, 5.74) is 3.52. The minimum absolute atomic E-state index is 0.438. The average molecular weight is 258 g/mol. The Morgan fingerprint density at radius 2 is 2.50 bits per heavy atom. The first kappa shape index (κ1) is 9.67. The number of hydrazine groups is 1. The Kier molecular flexibility index (Phi) is 2.56. The number of nitrogens with two attached hydrogens (primary N) is 1. The van der Waals surface area contributed by atoms with Gasteiger partial charge in [0.25, 0.3) is 0 Å². The Morgan fingerprint density at radius 3 is 2.93 bits per heavy atom. The second kappa shape index (κ2) is 3.70. The number of aromatic nitrogens is 2. The van der Waals surface area contributed by atoms with Crippen LogP contribution in [0.25, 0.3) is 0 Å². The lowest BCUT2D eigenvalue weighted by molar-refractivity contribution is 0.749. The van der Waals surface area contributed by atoms with Crippen molar-refractivity contribution in [1.29, 1.82) is 0 Å². The molecule has 0 aromatic carbocycles. The van der Waals surface area contributed by atoms with Crippen LogP contribution in [0, 0.1) is 0 Å². The number of nitrogens with one attached hydrogen (secondary N) is 1. The van der Waals surface area contributed by atoms with Gasteiger partial charge in [-0.2, -0.15) is 5.10 Å². The van der Waals surface area contributed by atoms with Gasteiger partial charge in [0.2, 0.25) is 0 Å². The van der Waals surface area contributed by atoms with Crippen molar-refractivity contribution in [3.8, 4) is 0 Å². The van der Waals surface area contributed by atoms with Gasteiger partial charge in [0.1, 0.15) is 10.4 Å². The molecule has 0 bridgehead atoms. The fourth-order valence-electron chi connectivity index (χ4n) is 1.15. The van der Waals surface area contributed by atoms with Crippen LogP contribution >= 0.6 is 15.9 Å². The lowest BCUT2D eigenvalue weighted by Gasteiger charge is -2.03. The van der Waals surface area contributed by atoms with Crippen molar-refractivity contribution in [2.45, 2.75) is 18.9 Å². The van der Waals surface area contributed by atoms with E-state index in [2.05, 4.69) is 31.4 Å². The lowest BCUT2D eigenvalue weighted by Crippen LogP contribution is -2.31. The van der Waals surface area contributed by atoms with E-state index in [0.717, 1.165) is 23.0 Å². The van der Waals surface area contributed by atoms with Crippen LogP contribution in [0.5, 0.6) is 0 Å². The number of halogens is 1. The number of rotatable bonds is 2. The molecule has 0 unspecified atom stereocenters. The highest BCUT2D eigenvalue weighted by Gasteiger charge is 2.22. The van der Waals surface area contributed by atoms with Gasteiger partial charge in [0.15, 0.2) is 0 Å². The molecule has 0 saturated heterocycles. The molecule has 0 radical (unpaired) electrons. The average Bonchev–Trinajstić information content (AvgIpc) is 2.94. The Bertz CT molecular complexity index is 366. The summed E-state index contributed by atoms with van der Waals surface area (Å²) in [6.07, 6.45) is 4.05. The zero-order valence-corrected chi connectivity index (χ0v) is 9.45. The number of hydrogen-bond donors (Lipinski definition) is 2. The number of aliphatic imine (C=N–C) groups is 1. The van der Waals surface area contributed by atoms with Crippen LogP contribution in [-0.2, 0) is 7.05 Å². The maximum Gasteiger partial charge on any atom is 0.147 e. The molecule has 1 aromatic rings. The summed E-state index contributed by atoms with van der Waals surface area (Å²) in [5.74, 6) is 6.12.